The zero-order chi connectivity index (χ0) is 21.0. The Kier molecular flexibility index (Phi) is 6.89. The van der Waals surface area contributed by atoms with Crippen molar-refractivity contribution in [3.8, 4) is 0 Å². The molecular weight excluding hydrogens is 430 g/mol. The van der Waals surface area contributed by atoms with E-state index in [9.17, 15) is 19.7 Å². The summed E-state index contributed by atoms with van der Waals surface area (Å²) in [5.41, 5.74) is 0.694. The van der Waals surface area contributed by atoms with Gasteiger partial charge in [-0.3, -0.25) is 10.1 Å². The summed E-state index contributed by atoms with van der Waals surface area (Å²) >= 11 is 12.2. The molecule has 0 aliphatic rings. The molecule has 0 unspecified atom stereocenters. The van der Waals surface area contributed by atoms with Crippen molar-refractivity contribution in [3.63, 3.8) is 0 Å². The van der Waals surface area contributed by atoms with Gasteiger partial charge >= 0.3 is 11.9 Å². The Morgan fingerprint density at radius 1 is 1.21 bits per heavy atom. The first-order valence-corrected chi connectivity index (χ1v) is 9.11. The highest BCUT2D eigenvalue weighted by atomic mass is 35.5. The third-order valence-electron chi connectivity index (χ3n) is 3.55. The number of hydrogen-bond acceptors (Lipinski definition) is 8. The van der Waals surface area contributed by atoms with E-state index in [4.69, 9.17) is 33.3 Å². The maximum Gasteiger partial charge on any atom is 0.348 e. The number of ether oxygens (including phenoxy) is 2. The number of nitrogens with one attached hydrogen (secondary N) is 2. The van der Waals surface area contributed by atoms with Gasteiger partial charge in [0.25, 0.3) is 5.69 Å². The molecule has 2 rings (SSSR count). The summed E-state index contributed by atoms with van der Waals surface area (Å²) in [4.78, 5) is 34.5. The lowest BCUT2D eigenvalue weighted by Crippen LogP contribution is -2.20. The third-order valence-corrected chi connectivity index (χ3v) is 5.25. The summed E-state index contributed by atoms with van der Waals surface area (Å²) in [6.45, 7) is 1.59. The standard InChI is InChI=1S/C16H14ClN3O6S2/c1-7-11(14(21)25-2)13(28-12(7)15(22)26-3)19-16(27)18-10-5-4-8(20(23)24)6-9(10)17/h4-6H,1-3H3,(H2,18,19,27). The number of hydrogen-bond donors (Lipinski definition) is 2. The first-order valence-electron chi connectivity index (χ1n) is 7.51. The quantitative estimate of drug-likeness (QED) is 0.305. The number of nitrogens with zero attached hydrogens (tertiary/aromatic N) is 1. The zero-order valence-electron chi connectivity index (χ0n) is 14.8. The fourth-order valence-electron chi connectivity index (χ4n) is 2.21. The van der Waals surface area contributed by atoms with E-state index in [0.717, 1.165) is 11.3 Å². The highest BCUT2D eigenvalue weighted by molar-refractivity contribution is 7.80. The molecule has 28 heavy (non-hydrogen) atoms. The van der Waals surface area contributed by atoms with Crippen LogP contribution in [-0.2, 0) is 9.47 Å². The minimum Gasteiger partial charge on any atom is -0.465 e. The molecule has 0 aliphatic carbocycles. The Morgan fingerprint density at radius 2 is 1.86 bits per heavy atom. The maximum atomic E-state index is 12.1. The van der Waals surface area contributed by atoms with Crippen LogP contribution in [-0.4, -0.2) is 36.2 Å². The molecule has 1 aromatic heterocycles. The predicted molar refractivity (Wildman–Crippen MR) is 110 cm³/mol. The van der Waals surface area contributed by atoms with E-state index in [1.807, 2.05) is 0 Å². The molecule has 12 heteroatoms. The van der Waals surface area contributed by atoms with Crippen molar-refractivity contribution < 1.29 is 24.0 Å². The summed E-state index contributed by atoms with van der Waals surface area (Å²) in [5.74, 6) is -1.25. The van der Waals surface area contributed by atoms with E-state index in [-0.39, 0.29) is 31.3 Å². The van der Waals surface area contributed by atoms with Crippen molar-refractivity contribution in [2.75, 3.05) is 24.9 Å². The van der Waals surface area contributed by atoms with Gasteiger partial charge in [0.05, 0.1) is 35.4 Å². The van der Waals surface area contributed by atoms with Gasteiger partial charge in [0.2, 0.25) is 0 Å². The van der Waals surface area contributed by atoms with Crippen LogP contribution in [0.15, 0.2) is 18.2 Å². The van der Waals surface area contributed by atoms with Crippen LogP contribution in [0.2, 0.25) is 5.02 Å². The van der Waals surface area contributed by atoms with Gasteiger partial charge < -0.3 is 20.1 Å². The van der Waals surface area contributed by atoms with Crippen LogP contribution in [0.5, 0.6) is 0 Å². The number of thiocarbonyl (C=S) groups is 1. The molecule has 0 atom stereocenters. The van der Waals surface area contributed by atoms with Crippen LogP contribution in [0.4, 0.5) is 16.4 Å². The van der Waals surface area contributed by atoms with Gasteiger partial charge in [-0.2, -0.15) is 0 Å². The van der Waals surface area contributed by atoms with Gasteiger partial charge in [-0.05, 0) is 30.8 Å². The number of nitro groups is 1. The summed E-state index contributed by atoms with van der Waals surface area (Å²) in [6, 6.07) is 3.84. The van der Waals surface area contributed by atoms with Gasteiger partial charge in [0, 0.05) is 12.1 Å². The Labute approximate surface area is 173 Å². The summed E-state index contributed by atoms with van der Waals surface area (Å²) < 4.78 is 9.48. The minimum atomic E-state index is -0.650. The minimum absolute atomic E-state index is 0.0542. The van der Waals surface area contributed by atoms with Crippen molar-refractivity contribution in [1.29, 1.82) is 0 Å². The van der Waals surface area contributed by atoms with E-state index < -0.39 is 16.9 Å². The summed E-state index contributed by atoms with van der Waals surface area (Å²) in [5, 5.41) is 16.8. The summed E-state index contributed by atoms with van der Waals surface area (Å²) in [7, 11) is 2.45. The first kappa shape index (κ1) is 21.5. The Bertz CT molecular complexity index is 976. The number of carbonyl (C=O) groups excluding carboxylic acids is 2. The van der Waals surface area contributed by atoms with Crippen molar-refractivity contribution in [1.82, 2.24) is 0 Å². The van der Waals surface area contributed by atoms with Gasteiger partial charge in [-0.15, -0.1) is 11.3 Å². The van der Waals surface area contributed by atoms with Crippen molar-refractivity contribution in [3.05, 3.63) is 49.3 Å². The van der Waals surface area contributed by atoms with Gasteiger partial charge in [-0.25, -0.2) is 9.59 Å². The number of halogens is 1. The van der Waals surface area contributed by atoms with Crippen molar-refractivity contribution >= 4 is 68.6 Å². The predicted octanol–water partition coefficient (Wildman–Crippen LogP) is 4.00. The highest BCUT2D eigenvalue weighted by Crippen LogP contribution is 2.34. The van der Waals surface area contributed by atoms with Crippen LogP contribution in [0.3, 0.4) is 0 Å². The van der Waals surface area contributed by atoms with E-state index in [1.54, 1.807) is 6.92 Å². The average molecular weight is 444 g/mol. The maximum absolute atomic E-state index is 12.1. The number of rotatable bonds is 5. The van der Waals surface area contributed by atoms with E-state index in [2.05, 4.69) is 10.6 Å². The van der Waals surface area contributed by atoms with Gasteiger partial charge in [-0.1, -0.05) is 11.6 Å². The van der Waals surface area contributed by atoms with Gasteiger partial charge in [0.15, 0.2) is 5.11 Å². The fraction of sp³-hybridized carbons (Fsp3) is 0.188. The van der Waals surface area contributed by atoms with Crippen LogP contribution in [0.25, 0.3) is 0 Å². The van der Waals surface area contributed by atoms with E-state index >= 15 is 0 Å². The molecule has 0 bridgehead atoms. The molecule has 0 spiro atoms. The molecule has 0 amide bonds. The van der Waals surface area contributed by atoms with Crippen LogP contribution >= 0.6 is 35.2 Å². The molecule has 2 N–H and O–H groups in total. The molecule has 2 aromatic rings. The largest absolute Gasteiger partial charge is 0.465 e. The van der Waals surface area contributed by atoms with Crippen LogP contribution < -0.4 is 10.6 Å². The molecule has 9 nitrogen and oxygen atoms in total. The number of anilines is 2. The number of methoxy groups -OCH3 is 2. The van der Waals surface area contributed by atoms with Crippen LogP contribution in [0.1, 0.15) is 25.6 Å². The number of nitro benzene ring substituents is 1. The monoisotopic (exact) mass is 443 g/mol. The zero-order valence-corrected chi connectivity index (χ0v) is 17.2. The number of esters is 2. The highest BCUT2D eigenvalue weighted by Gasteiger charge is 2.26. The Balaban J connectivity index is 2.29. The smallest absolute Gasteiger partial charge is 0.348 e. The molecule has 0 saturated heterocycles. The molecule has 0 fully saturated rings. The van der Waals surface area contributed by atoms with Crippen molar-refractivity contribution in [2.45, 2.75) is 6.92 Å². The number of non-ortho nitro benzene ring substituents is 1. The average Bonchev–Trinajstić information content (AvgIpc) is 2.97. The lowest BCUT2D eigenvalue weighted by atomic mass is 10.1. The van der Waals surface area contributed by atoms with E-state index in [1.165, 1.54) is 32.4 Å². The lowest BCUT2D eigenvalue weighted by molar-refractivity contribution is -0.384. The Morgan fingerprint density at radius 3 is 2.39 bits per heavy atom. The van der Waals surface area contributed by atoms with E-state index in [0.29, 0.717) is 11.3 Å². The topological polar surface area (TPSA) is 120 Å². The second-order valence-electron chi connectivity index (χ2n) is 5.24. The van der Waals surface area contributed by atoms with Gasteiger partial charge in [0.1, 0.15) is 9.88 Å². The Hall–Kier alpha value is -2.76. The first-order chi connectivity index (χ1) is 13.2. The molecule has 1 aromatic carbocycles. The second-order valence-corrected chi connectivity index (χ2v) is 7.08. The molecule has 0 aliphatic heterocycles. The molecular formula is C16H14ClN3O6S2. The number of thiophene rings is 1. The van der Waals surface area contributed by atoms with Crippen molar-refractivity contribution in [2.24, 2.45) is 0 Å². The van der Waals surface area contributed by atoms with Crippen LogP contribution in [0, 0.1) is 17.0 Å². The third kappa shape index (κ3) is 4.55. The molecule has 1 heterocycles. The summed E-state index contributed by atoms with van der Waals surface area (Å²) in [6.07, 6.45) is 0. The molecule has 0 saturated carbocycles. The second kappa shape index (κ2) is 8.95. The fourth-order valence-corrected chi connectivity index (χ4v) is 3.83. The SMILES string of the molecule is COC(=O)c1sc(NC(=S)Nc2ccc([N+](=O)[O-])cc2Cl)c(C(=O)OC)c1C. The normalized spacial score (nSPS) is 10.1. The number of carbonyl (C=O) groups is 2. The number of benzene rings is 1. The molecule has 148 valence electrons. The molecule has 0 radical (unpaired) electrons. The lowest BCUT2D eigenvalue weighted by Gasteiger charge is -2.11.